The molecule has 0 aliphatic carbocycles. The Morgan fingerprint density at radius 3 is 2.86 bits per heavy atom. The van der Waals surface area contributed by atoms with E-state index in [1.807, 2.05) is 10.9 Å². The fourth-order valence-electron chi connectivity index (χ4n) is 1.17. The Balaban J connectivity index is 2.04. The Morgan fingerprint density at radius 1 is 1.50 bits per heavy atom. The van der Waals surface area contributed by atoms with Gasteiger partial charge in [0.05, 0.1) is 17.8 Å². The zero-order chi connectivity index (χ0) is 10.4. The third kappa shape index (κ3) is 4.63. The van der Waals surface area contributed by atoms with E-state index in [1.165, 1.54) is 6.42 Å². The van der Waals surface area contributed by atoms with Crippen LogP contribution in [0.3, 0.4) is 0 Å². The van der Waals surface area contributed by atoms with E-state index < -0.39 is 0 Å². The summed E-state index contributed by atoms with van der Waals surface area (Å²) in [5, 5.41) is 8.16. The van der Waals surface area contributed by atoms with Gasteiger partial charge in [-0.05, 0) is 18.9 Å². The van der Waals surface area contributed by atoms with Crippen LogP contribution in [0.5, 0.6) is 0 Å². The van der Waals surface area contributed by atoms with Crippen molar-refractivity contribution in [2.75, 3.05) is 13.1 Å². The zero-order valence-corrected chi connectivity index (χ0v) is 9.59. The molecule has 0 aliphatic rings. The number of aromatic nitrogens is 2. The first kappa shape index (κ1) is 11.5. The Morgan fingerprint density at radius 2 is 2.29 bits per heavy atom. The summed E-state index contributed by atoms with van der Waals surface area (Å²) in [4.78, 5) is 0. The Labute approximate surface area is 90.4 Å². The van der Waals surface area contributed by atoms with Gasteiger partial charge < -0.3 is 5.32 Å². The average Bonchev–Trinajstić information content (AvgIpc) is 2.50. The van der Waals surface area contributed by atoms with E-state index in [0.29, 0.717) is 5.02 Å². The maximum absolute atomic E-state index is 5.74. The fourth-order valence-corrected chi connectivity index (χ4v) is 1.33. The maximum Gasteiger partial charge on any atom is 0.0785 e. The lowest BCUT2D eigenvalue weighted by Gasteiger charge is -2.06. The van der Waals surface area contributed by atoms with Gasteiger partial charge in [0.1, 0.15) is 0 Å². The Bertz CT molecular complexity index is 258. The van der Waals surface area contributed by atoms with Gasteiger partial charge in [0.2, 0.25) is 0 Å². The highest BCUT2D eigenvalue weighted by Gasteiger charge is 1.95. The lowest BCUT2D eigenvalue weighted by molar-refractivity contribution is 0.505. The highest BCUT2D eigenvalue weighted by molar-refractivity contribution is 6.30. The lowest BCUT2D eigenvalue weighted by Crippen LogP contribution is -2.22. The molecule has 0 aliphatic heterocycles. The summed E-state index contributed by atoms with van der Waals surface area (Å²) in [5.41, 5.74) is 0. The van der Waals surface area contributed by atoms with Crippen LogP contribution in [0, 0.1) is 5.92 Å². The quantitative estimate of drug-likeness (QED) is 0.738. The molecule has 80 valence electrons. The van der Waals surface area contributed by atoms with E-state index in [4.69, 9.17) is 11.6 Å². The summed E-state index contributed by atoms with van der Waals surface area (Å²) in [7, 11) is 0. The van der Waals surface area contributed by atoms with Crippen molar-refractivity contribution in [1.29, 1.82) is 0 Å². The Hall–Kier alpha value is -0.540. The SMILES string of the molecule is CC(C)CCNCCn1cc(Cl)cn1. The van der Waals surface area contributed by atoms with Crippen molar-refractivity contribution in [2.45, 2.75) is 26.8 Å². The van der Waals surface area contributed by atoms with Crippen LogP contribution in [0.1, 0.15) is 20.3 Å². The largest absolute Gasteiger partial charge is 0.315 e. The van der Waals surface area contributed by atoms with Crippen LogP contribution in [-0.4, -0.2) is 22.9 Å². The summed E-state index contributed by atoms with van der Waals surface area (Å²) in [6.07, 6.45) is 4.72. The molecular formula is C10H18ClN3. The second-order valence-corrected chi connectivity index (χ2v) is 4.29. The molecule has 0 spiro atoms. The van der Waals surface area contributed by atoms with E-state index >= 15 is 0 Å². The predicted octanol–water partition coefficient (Wildman–Crippen LogP) is 2.17. The second-order valence-electron chi connectivity index (χ2n) is 3.85. The van der Waals surface area contributed by atoms with Crippen LogP contribution < -0.4 is 5.32 Å². The molecule has 0 unspecified atom stereocenters. The van der Waals surface area contributed by atoms with Gasteiger partial charge in [-0.3, -0.25) is 4.68 Å². The van der Waals surface area contributed by atoms with Crippen molar-refractivity contribution in [1.82, 2.24) is 15.1 Å². The fraction of sp³-hybridized carbons (Fsp3) is 0.700. The molecule has 0 atom stereocenters. The number of halogens is 1. The highest BCUT2D eigenvalue weighted by atomic mass is 35.5. The van der Waals surface area contributed by atoms with Crippen molar-refractivity contribution >= 4 is 11.6 Å². The first-order chi connectivity index (χ1) is 6.68. The molecule has 1 aromatic heterocycles. The van der Waals surface area contributed by atoms with Crippen molar-refractivity contribution < 1.29 is 0 Å². The van der Waals surface area contributed by atoms with Crippen LogP contribution >= 0.6 is 11.6 Å². The molecule has 0 aromatic carbocycles. The minimum Gasteiger partial charge on any atom is -0.315 e. The number of nitrogens with one attached hydrogen (secondary N) is 1. The van der Waals surface area contributed by atoms with Crippen LogP contribution in [-0.2, 0) is 6.54 Å². The van der Waals surface area contributed by atoms with Crippen LogP contribution in [0.25, 0.3) is 0 Å². The molecule has 0 fully saturated rings. The minimum atomic E-state index is 0.701. The molecule has 1 aromatic rings. The number of hydrogen-bond donors (Lipinski definition) is 1. The van der Waals surface area contributed by atoms with Gasteiger partial charge in [-0.15, -0.1) is 0 Å². The smallest absolute Gasteiger partial charge is 0.0785 e. The Kier molecular flexibility index (Phi) is 4.98. The van der Waals surface area contributed by atoms with Gasteiger partial charge in [-0.1, -0.05) is 25.4 Å². The second kappa shape index (κ2) is 6.04. The highest BCUT2D eigenvalue weighted by Crippen LogP contribution is 2.03. The molecule has 14 heavy (non-hydrogen) atoms. The van der Waals surface area contributed by atoms with Crippen LogP contribution in [0.15, 0.2) is 12.4 Å². The molecule has 3 nitrogen and oxygen atoms in total. The van der Waals surface area contributed by atoms with E-state index in [0.717, 1.165) is 25.6 Å². The normalized spacial score (nSPS) is 11.1. The van der Waals surface area contributed by atoms with E-state index in [2.05, 4.69) is 24.3 Å². The third-order valence-electron chi connectivity index (χ3n) is 2.02. The number of hydrogen-bond acceptors (Lipinski definition) is 2. The van der Waals surface area contributed by atoms with Gasteiger partial charge in [0.25, 0.3) is 0 Å². The number of rotatable bonds is 6. The topological polar surface area (TPSA) is 29.9 Å². The van der Waals surface area contributed by atoms with Crippen molar-refractivity contribution in [3.8, 4) is 0 Å². The van der Waals surface area contributed by atoms with Crippen LogP contribution in [0.2, 0.25) is 5.02 Å². The molecule has 0 bridgehead atoms. The molecule has 1 heterocycles. The van der Waals surface area contributed by atoms with Gasteiger partial charge >= 0.3 is 0 Å². The molecule has 1 rings (SSSR count). The summed E-state index contributed by atoms with van der Waals surface area (Å²) in [6, 6.07) is 0. The molecule has 0 amide bonds. The van der Waals surface area contributed by atoms with Crippen molar-refractivity contribution in [3.63, 3.8) is 0 Å². The zero-order valence-electron chi connectivity index (χ0n) is 8.83. The maximum atomic E-state index is 5.74. The monoisotopic (exact) mass is 215 g/mol. The summed E-state index contributed by atoms with van der Waals surface area (Å²) in [6.45, 7) is 7.37. The van der Waals surface area contributed by atoms with Gasteiger partial charge in [0, 0.05) is 12.7 Å². The molecule has 0 saturated heterocycles. The van der Waals surface area contributed by atoms with E-state index in [1.54, 1.807) is 6.20 Å². The standard InChI is InChI=1S/C10H18ClN3/c1-9(2)3-4-12-5-6-14-8-10(11)7-13-14/h7-9,12H,3-6H2,1-2H3. The molecule has 0 radical (unpaired) electrons. The third-order valence-corrected chi connectivity index (χ3v) is 2.21. The first-order valence-corrected chi connectivity index (χ1v) is 5.45. The first-order valence-electron chi connectivity index (χ1n) is 5.07. The predicted molar refractivity (Wildman–Crippen MR) is 59.6 cm³/mol. The summed E-state index contributed by atoms with van der Waals surface area (Å²) < 4.78 is 1.85. The van der Waals surface area contributed by atoms with E-state index in [-0.39, 0.29) is 0 Å². The molecule has 1 N–H and O–H groups in total. The van der Waals surface area contributed by atoms with Gasteiger partial charge in [-0.2, -0.15) is 5.10 Å². The van der Waals surface area contributed by atoms with Gasteiger partial charge in [0.15, 0.2) is 0 Å². The van der Waals surface area contributed by atoms with E-state index in [9.17, 15) is 0 Å². The molecule has 4 heteroatoms. The van der Waals surface area contributed by atoms with Crippen molar-refractivity contribution in [3.05, 3.63) is 17.4 Å². The summed E-state index contributed by atoms with van der Waals surface area (Å²) >= 11 is 5.74. The number of nitrogens with zero attached hydrogens (tertiary/aromatic N) is 2. The van der Waals surface area contributed by atoms with Crippen molar-refractivity contribution in [2.24, 2.45) is 5.92 Å². The summed E-state index contributed by atoms with van der Waals surface area (Å²) in [5.74, 6) is 0.765. The lowest BCUT2D eigenvalue weighted by atomic mass is 10.1. The van der Waals surface area contributed by atoms with Gasteiger partial charge in [-0.25, -0.2) is 0 Å². The average molecular weight is 216 g/mol. The minimum absolute atomic E-state index is 0.701. The van der Waals surface area contributed by atoms with Crippen LogP contribution in [0.4, 0.5) is 0 Å². The molecule has 0 saturated carbocycles. The molecular weight excluding hydrogens is 198 g/mol.